The third-order valence-electron chi connectivity index (χ3n) is 3.53. The van der Waals surface area contributed by atoms with Crippen molar-refractivity contribution in [2.75, 3.05) is 26.4 Å². The van der Waals surface area contributed by atoms with E-state index in [0.29, 0.717) is 18.2 Å². The van der Waals surface area contributed by atoms with Gasteiger partial charge in [-0.15, -0.1) is 0 Å². The van der Waals surface area contributed by atoms with Gasteiger partial charge in [-0.05, 0) is 43.7 Å². The van der Waals surface area contributed by atoms with E-state index < -0.39 is 9.84 Å². The van der Waals surface area contributed by atoms with E-state index in [2.05, 4.69) is 5.32 Å². The number of benzene rings is 1. The van der Waals surface area contributed by atoms with Gasteiger partial charge < -0.3 is 10.2 Å². The van der Waals surface area contributed by atoms with E-state index >= 15 is 0 Å². The average molecular weight is 296 g/mol. The van der Waals surface area contributed by atoms with E-state index in [1.165, 1.54) is 12.1 Å². The Morgan fingerprint density at radius 3 is 2.50 bits per heavy atom. The van der Waals surface area contributed by atoms with Crippen LogP contribution < -0.4 is 5.32 Å². The molecule has 110 valence electrons. The zero-order valence-electron chi connectivity index (χ0n) is 11.8. The number of amides is 1. The summed E-state index contributed by atoms with van der Waals surface area (Å²) in [5.41, 5.74) is 0.512. The third kappa shape index (κ3) is 3.58. The Labute approximate surface area is 119 Å². The van der Waals surface area contributed by atoms with Crippen molar-refractivity contribution in [1.29, 1.82) is 0 Å². The minimum Gasteiger partial charge on any atom is -0.340 e. The molecule has 1 aromatic rings. The lowest BCUT2D eigenvalue weighted by molar-refractivity contribution is 0.0783. The molecule has 1 aromatic carbocycles. The van der Waals surface area contributed by atoms with Gasteiger partial charge in [-0.3, -0.25) is 4.79 Å². The molecule has 1 N–H and O–H groups in total. The van der Waals surface area contributed by atoms with Crippen molar-refractivity contribution in [2.24, 2.45) is 0 Å². The number of rotatable bonds is 4. The Balaban J connectivity index is 2.04. The second-order valence-electron chi connectivity index (χ2n) is 5.28. The van der Waals surface area contributed by atoms with Gasteiger partial charge in [0, 0.05) is 31.5 Å². The van der Waals surface area contributed by atoms with Crippen LogP contribution in [0.25, 0.3) is 0 Å². The van der Waals surface area contributed by atoms with Crippen molar-refractivity contribution < 1.29 is 13.2 Å². The molecule has 6 heteroatoms. The van der Waals surface area contributed by atoms with Crippen molar-refractivity contribution in [3.8, 4) is 0 Å². The largest absolute Gasteiger partial charge is 0.340 e. The Morgan fingerprint density at radius 1 is 1.35 bits per heavy atom. The lowest BCUT2D eigenvalue weighted by atomic mass is 10.1. The van der Waals surface area contributed by atoms with Crippen LogP contribution in [0.4, 0.5) is 0 Å². The molecule has 0 saturated carbocycles. The molecule has 0 radical (unpaired) electrons. The van der Waals surface area contributed by atoms with Crippen molar-refractivity contribution >= 4 is 15.7 Å². The quantitative estimate of drug-likeness (QED) is 0.897. The summed E-state index contributed by atoms with van der Waals surface area (Å²) in [5.74, 6) is -0.0845. The average Bonchev–Trinajstić information content (AvgIpc) is 2.90. The van der Waals surface area contributed by atoms with Crippen LogP contribution in [0.3, 0.4) is 0 Å². The van der Waals surface area contributed by atoms with Gasteiger partial charge in [-0.25, -0.2) is 8.42 Å². The molecule has 1 fully saturated rings. The number of carbonyl (C=O) groups is 1. The second-order valence-corrected chi connectivity index (χ2v) is 7.29. The number of nitrogens with one attached hydrogen (secondary N) is 1. The van der Waals surface area contributed by atoms with Crippen LogP contribution >= 0.6 is 0 Å². The minimum atomic E-state index is -3.22. The minimum absolute atomic E-state index is 0.0845. The summed E-state index contributed by atoms with van der Waals surface area (Å²) < 4.78 is 22.7. The molecule has 5 nitrogen and oxygen atoms in total. The molecule has 1 heterocycles. The number of hydrogen-bond acceptors (Lipinski definition) is 4. The molecule has 0 bridgehead atoms. The van der Waals surface area contributed by atoms with Crippen LogP contribution in [0.2, 0.25) is 0 Å². The van der Waals surface area contributed by atoms with Gasteiger partial charge in [0.15, 0.2) is 9.84 Å². The highest BCUT2D eigenvalue weighted by Crippen LogP contribution is 2.13. The molecule has 1 aliphatic rings. The second kappa shape index (κ2) is 5.93. The summed E-state index contributed by atoms with van der Waals surface area (Å²) in [5, 5.41) is 3.35. The molecular formula is C14H20N2O3S. The van der Waals surface area contributed by atoms with Gasteiger partial charge in [0.25, 0.3) is 5.91 Å². The smallest absolute Gasteiger partial charge is 0.253 e. The van der Waals surface area contributed by atoms with Crippen molar-refractivity contribution in [3.63, 3.8) is 0 Å². The first-order valence-electron chi connectivity index (χ1n) is 6.67. The molecule has 0 spiro atoms. The zero-order valence-corrected chi connectivity index (χ0v) is 12.6. The fourth-order valence-corrected chi connectivity index (χ4v) is 3.02. The van der Waals surface area contributed by atoms with E-state index in [9.17, 15) is 13.2 Å². The molecule has 1 unspecified atom stereocenters. The van der Waals surface area contributed by atoms with Gasteiger partial charge >= 0.3 is 0 Å². The first-order chi connectivity index (χ1) is 9.38. The zero-order chi connectivity index (χ0) is 14.8. The predicted molar refractivity (Wildman–Crippen MR) is 77.5 cm³/mol. The van der Waals surface area contributed by atoms with Gasteiger partial charge in [-0.1, -0.05) is 0 Å². The topological polar surface area (TPSA) is 66.5 Å². The highest BCUT2D eigenvalue weighted by Gasteiger charge is 2.20. The SMILES string of the molecule is CN(CC1CCCN1)C(=O)c1ccc(S(C)(=O)=O)cc1. The van der Waals surface area contributed by atoms with Crippen LogP contribution in [0.1, 0.15) is 23.2 Å². The van der Waals surface area contributed by atoms with Gasteiger partial charge in [0.1, 0.15) is 0 Å². The van der Waals surface area contributed by atoms with Gasteiger partial charge in [-0.2, -0.15) is 0 Å². The molecule has 1 amide bonds. The highest BCUT2D eigenvalue weighted by molar-refractivity contribution is 7.90. The normalized spacial score (nSPS) is 19.0. The van der Waals surface area contributed by atoms with Crippen molar-refractivity contribution in [1.82, 2.24) is 10.2 Å². The number of hydrogen-bond donors (Lipinski definition) is 1. The number of sulfone groups is 1. The lowest BCUT2D eigenvalue weighted by Crippen LogP contribution is -2.38. The van der Waals surface area contributed by atoms with Gasteiger partial charge in [0.2, 0.25) is 0 Å². The lowest BCUT2D eigenvalue weighted by Gasteiger charge is -2.21. The summed E-state index contributed by atoms with van der Waals surface area (Å²) in [6.45, 7) is 1.68. The molecule has 0 aliphatic carbocycles. The summed E-state index contributed by atoms with van der Waals surface area (Å²) in [7, 11) is -1.45. The van der Waals surface area contributed by atoms with Crippen LogP contribution in [0.15, 0.2) is 29.2 Å². The summed E-state index contributed by atoms with van der Waals surface area (Å²) in [4.78, 5) is 14.2. The molecule has 0 aromatic heterocycles. The van der Waals surface area contributed by atoms with E-state index in [4.69, 9.17) is 0 Å². The first-order valence-corrected chi connectivity index (χ1v) is 8.56. The van der Waals surface area contributed by atoms with Gasteiger partial charge in [0.05, 0.1) is 4.90 Å². The molecule has 1 aliphatic heterocycles. The Hall–Kier alpha value is -1.40. The Kier molecular flexibility index (Phi) is 4.45. The van der Waals surface area contributed by atoms with E-state index in [-0.39, 0.29) is 10.8 Å². The van der Waals surface area contributed by atoms with Crippen LogP contribution in [-0.2, 0) is 9.84 Å². The van der Waals surface area contributed by atoms with Crippen molar-refractivity contribution in [2.45, 2.75) is 23.8 Å². The van der Waals surface area contributed by atoms with E-state index in [1.807, 2.05) is 0 Å². The maximum atomic E-state index is 12.2. The standard InChI is InChI=1S/C14H20N2O3S/c1-16(10-12-4-3-9-15-12)14(17)11-5-7-13(8-6-11)20(2,18)19/h5-8,12,15H,3-4,9-10H2,1-2H3. The summed E-state index contributed by atoms with van der Waals surface area (Å²) >= 11 is 0. The van der Waals surface area contributed by atoms with Crippen LogP contribution in [0.5, 0.6) is 0 Å². The van der Waals surface area contributed by atoms with Crippen molar-refractivity contribution in [3.05, 3.63) is 29.8 Å². The Morgan fingerprint density at radius 2 is 2.00 bits per heavy atom. The molecule has 20 heavy (non-hydrogen) atoms. The summed E-state index contributed by atoms with van der Waals surface area (Å²) in [6, 6.07) is 6.45. The maximum Gasteiger partial charge on any atom is 0.253 e. The molecule has 1 atom stereocenters. The fourth-order valence-electron chi connectivity index (χ4n) is 2.39. The third-order valence-corrected chi connectivity index (χ3v) is 4.66. The molecule has 2 rings (SSSR count). The van der Waals surface area contributed by atoms with E-state index in [0.717, 1.165) is 25.6 Å². The summed E-state index contributed by atoms with van der Waals surface area (Å²) in [6.07, 6.45) is 3.39. The molecular weight excluding hydrogens is 276 g/mol. The Bertz CT molecular complexity index is 575. The first kappa shape index (κ1) is 15.0. The monoisotopic (exact) mass is 296 g/mol. The fraction of sp³-hybridized carbons (Fsp3) is 0.500. The predicted octanol–water partition coefficient (Wildman–Crippen LogP) is 0.914. The number of likely N-dealkylation sites (N-methyl/N-ethyl adjacent to an activating group) is 1. The molecule has 1 saturated heterocycles. The van der Waals surface area contributed by atoms with E-state index in [1.54, 1.807) is 24.1 Å². The number of carbonyl (C=O) groups excluding carboxylic acids is 1. The number of nitrogens with zero attached hydrogens (tertiary/aromatic N) is 1. The maximum absolute atomic E-state index is 12.2. The highest BCUT2D eigenvalue weighted by atomic mass is 32.2. The van der Waals surface area contributed by atoms with Crippen LogP contribution in [-0.4, -0.2) is 51.7 Å². The van der Waals surface area contributed by atoms with Crippen LogP contribution in [0, 0.1) is 0 Å².